The van der Waals surface area contributed by atoms with Crippen LogP contribution in [-0.2, 0) is 0 Å². The second-order valence-corrected chi connectivity index (χ2v) is 5.41. The average Bonchev–Trinajstić information content (AvgIpc) is 3.17. The predicted octanol–water partition coefficient (Wildman–Crippen LogP) is 2.81. The second-order valence-electron chi connectivity index (χ2n) is 5.41. The van der Waals surface area contributed by atoms with Gasteiger partial charge in [0.25, 0.3) is 0 Å². The summed E-state index contributed by atoms with van der Waals surface area (Å²) in [6.07, 6.45) is 18.8. The lowest BCUT2D eigenvalue weighted by molar-refractivity contribution is 0.212. The highest BCUT2D eigenvalue weighted by Crippen LogP contribution is 2.30. The van der Waals surface area contributed by atoms with Gasteiger partial charge < -0.3 is 10.3 Å². The minimum absolute atomic E-state index is 0.905. The summed E-state index contributed by atoms with van der Waals surface area (Å²) in [5.74, 6) is 1.04. The summed E-state index contributed by atoms with van der Waals surface area (Å²) in [5.41, 5.74) is 0. The smallest absolute Gasteiger partial charge is 0.115 e. The van der Waals surface area contributed by atoms with E-state index in [-0.39, 0.29) is 0 Å². The first kappa shape index (κ1) is 15.6. The third kappa shape index (κ3) is 6.49. The van der Waals surface area contributed by atoms with Crippen LogP contribution < -0.4 is 5.32 Å². The highest BCUT2D eigenvalue weighted by atomic mass is 14.9. The van der Waals surface area contributed by atoms with E-state index in [0.717, 1.165) is 12.0 Å². The lowest BCUT2D eigenvalue weighted by atomic mass is 9.80. The molecule has 0 spiro atoms. The van der Waals surface area contributed by atoms with Crippen molar-refractivity contribution in [3.8, 4) is 0 Å². The summed E-state index contributed by atoms with van der Waals surface area (Å²) in [4.78, 5) is 13.8. The van der Waals surface area contributed by atoms with Crippen LogP contribution in [0.4, 0.5) is 0 Å². The zero-order valence-electron chi connectivity index (χ0n) is 12.5. The van der Waals surface area contributed by atoms with Gasteiger partial charge in [0.05, 0.1) is 6.33 Å². The second kappa shape index (κ2) is 10.0. The topological polar surface area (TPSA) is 66.5 Å². The number of aromatic amines is 1. The zero-order valence-corrected chi connectivity index (χ0v) is 12.5. The molecule has 21 heavy (non-hydrogen) atoms. The number of H-pyrrole nitrogens is 1. The first-order valence-corrected chi connectivity index (χ1v) is 7.83. The minimum Gasteiger partial charge on any atom is -0.351 e. The molecule has 3 heterocycles. The van der Waals surface area contributed by atoms with Crippen molar-refractivity contribution in [3.63, 3.8) is 0 Å². The lowest BCUT2D eigenvalue weighted by Gasteiger charge is -2.36. The molecule has 2 aromatic rings. The van der Waals surface area contributed by atoms with Crippen molar-refractivity contribution in [2.24, 2.45) is 5.92 Å². The predicted molar refractivity (Wildman–Crippen MR) is 83.6 cm³/mol. The summed E-state index contributed by atoms with van der Waals surface area (Å²) < 4.78 is 0. The SMILES string of the molecule is C1CCC2NCCCC2C1.c1c[nH]cn1.c1cncnc1. The Morgan fingerprint density at radius 1 is 0.857 bits per heavy atom. The van der Waals surface area contributed by atoms with Crippen LogP contribution in [0, 0.1) is 5.92 Å². The third-order valence-corrected chi connectivity index (χ3v) is 3.95. The number of fused-ring (bicyclic) bond motifs is 1. The van der Waals surface area contributed by atoms with E-state index in [1.807, 2.05) is 0 Å². The van der Waals surface area contributed by atoms with Gasteiger partial charge in [-0.2, -0.15) is 0 Å². The fourth-order valence-electron chi connectivity index (χ4n) is 2.94. The lowest BCUT2D eigenvalue weighted by Crippen LogP contribution is -2.42. The van der Waals surface area contributed by atoms with Gasteiger partial charge in [-0.15, -0.1) is 0 Å². The monoisotopic (exact) mass is 287 g/mol. The molecule has 2 aliphatic rings. The Bertz CT molecular complexity index is 361. The molecule has 1 aliphatic heterocycles. The van der Waals surface area contributed by atoms with Crippen molar-refractivity contribution in [2.45, 2.75) is 44.6 Å². The minimum atomic E-state index is 0.905. The quantitative estimate of drug-likeness (QED) is 0.782. The van der Waals surface area contributed by atoms with Crippen molar-refractivity contribution in [2.75, 3.05) is 6.54 Å². The van der Waals surface area contributed by atoms with Gasteiger partial charge >= 0.3 is 0 Å². The number of nitrogens with one attached hydrogen (secondary N) is 2. The maximum absolute atomic E-state index is 3.67. The van der Waals surface area contributed by atoms with E-state index in [4.69, 9.17) is 0 Å². The molecular formula is C16H25N5. The van der Waals surface area contributed by atoms with Crippen LogP contribution in [0.1, 0.15) is 38.5 Å². The zero-order chi connectivity index (χ0) is 14.6. The Kier molecular flexibility index (Phi) is 7.48. The van der Waals surface area contributed by atoms with Crippen LogP contribution in [0.5, 0.6) is 0 Å². The molecule has 2 N–H and O–H groups in total. The van der Waals surface area contributed by atoms with Gasteiger partial charge in [-0.25, -0.2) is 15.0 Å². The van der Waals surface area contributed by atoms with Crippen molar-refractivity contribution < 1.29 is 0 Å². The molecule has 114 valence electrons. The standard InChI is InChI=1S/C9H17N.C4H4N2.C3H4N2/c1-2-6-9-8(4-1)5-3-7-10-9;1-2-5-4-6-3-1;1-2-5-3-4-1/h8-10H,1-7H2;1-4H;1-3H,(H,4,5). The van der Waals surface area contributed by atoms with Crippen LogP contribution >= 0.6 is 0 Å². The number of nitrogens with zero attached hydrogens (tertiary/aromatic N) is 3. The fraction of sp³-hybridized carbons (Fsp3) is 0.562. The third-order valence-electron chi connectivity index (χ3n) is 3.95. The van der Waals surface area contributed by atoms with Gasteiger partial charge in [-0.05, 0) is 44.2 Å². The van der Waals surface area contributed by atoms with Crippen molar-refractivity contribution >= 4 is 0 Å². The molecule has 0 amide bonds. The van der Waals surface area contributed by atoms with Crippen LogP contribution in [0.15, 0.2) is 43.5 Å². The van der Waals surface area contributed by atoms with E-state index in [0.29, 0.717) is 0 Å². The molecule has 2 atom stereocenters. The van der Waals surface area contributed by atoms with Crippen molar-refractivity contribution in [1.82, 2.24) is 25.3 Å². The van der Waals surface area contributed by atoms with Crippen LogP contribution in [-0.4, -0.2) is 32.5 Å². The summed E-state index contributed by atoms with van der Waals surface area (Å²) in [5, 5.41) is 3.62. The molecule has 2 aromatic heterocycles. The van der Waals surface area contributed by atoms with E-state index < -0.39 is 0 Å². The van der Waals surface area contributed by atoms with E-state index >= 15 is 0 Å². The number of hydrogen-bond acceptors (Lipinski definition) is 4. The van der Waals surface area contributed by atoms with Gasteiger partial charge in [0.2, 0.25) is 0 Å². The Balaban J connectivity index is 0.000000126. The molecule has 2 unspecified atom stereocenters. The first-order valence-electron chi connectivity index (χ1n) is 7.83. The van der Waals surface area contributed by atoms with E-state index in [2.05, 4.69) is 25.3 Å². The Morgan fingerprint density at radius 2 is 1.67 bits per heavy atom. The molecule has 5 heteroatoms. The van der Waals surface area contributed by atoms with Gasteiger partial charge in [0.15, 0.2) is 0 Å². The van der Waals surface area contributed by atoms with E-state index in [1.54, 1.807) is 37.2 Å². The molecule has 2 fully saturated rings. The normalized spacial score (nSPS) is 23.6. The number of imidazole rings is 1. The summed E-state index contributed by atoms with van der Waals surface area (Å²) in [6.45, 7) is 1.28. The van der Waals surface area contributed by atoms with E-state index in [9.17, 15) is 0 Å². The summed E-state index contributed by atoms with van der Waals surface area (Å²) in [6, 6.07) is 2.68. The number of rotatable bonds is 0. The van der Waals surface area contributed by atoms with Gasteiger partial charge in [0, 0.05) is 30.8 Å². The fourth-order valence-corrected chi connectivity index (χ4v) is 2.94. The molecule has 1 aliphatic carbocycles. The number of hydrogen-bond donors (Lipinski definition) is 2. The van der Waals surface area contributed by atoms with Crippen LogP contribution in [0.2, 0.25) is 0 Å². The number of aromatic nitrogens is 4. The molecule has 0 radical (unpaired) electrons. The van der Waals surface area contributed by atoms with Crippen molar-refractivity contribution in [1.29, 1.82) is 0 Å². The average molecular weight is 287 g/mol. The maximum Gasteiger partial charge on any atom is 0.115 e. The highest BCUT2D eigenvalue weighted by molar-refractivity contribution is 4.84. The van der Waals surface area contributed by atoms with Crippen molar-refractivity contribution in [3.05, 3.63) is 43.5 Å². The molecule has 4 rings (SSSR count). The Labute approximate surface area is 126 Å². The molecule has 1 saturated carbocycles. The van der Waals surface area contributed by atoms with Crippen LogP contribution in [0.25, 0.3) is 0 Å². The Hall–Kier alpha value is -1.75. The summed E-state index contributed by atoms with van der Waals surface area (Å²) >= 11 is 0. The first-order chi connectivity index (χ1) is 10.5. The highest BCUT2D eigenvalue weighted by Gasteiger charge is 2.26. The number of piperidine rings is 1. The van der Waals surface area contributed by atoms with Crippen LogP contribution in [0.3, 0.4) is 0 Å². The largest absolute Gasteiger partial charge is 0.351 e. The Morgan fingerprint density at radius 3 is 2.19 bits per heavy atom. The molecule has 1 saturated heterocycles. The van der Waals surface area contributed by atoms with Gasteiger partial charge in [-0.1, -0.05) is 12.8 Å². The molecule has 0 bridgehead atoms. The molecular weight excluding hydrogens is 262 g/mol. The summed E-state index contributed by atoms with van der Waals surface area (Å²) in [7, 11) is 0. The van der Waals surface area contributed by atoms with Gasteiger partial charge in [0.1, 0.15) is 6.33 Å². The molecule has 5 nitrogen and oxygen atoms in total. The van der Waals surface area contributed by atoms with Gasteiger partial charge in [-0.3, -0.25) is 0 Å². The maximum atomic E-state index is 3.67. The van der Waals surface area contributed by atoms with E-state index in [1.165, 1.54) is 51.4 Å². The molecule has 0 aromatic carbocycles.